The number of hydrogen-bond donors (Lipinski definition) is 0. The van der Waals surface area contributed by atoms with Crippen molar-refractivity contribution in [3.8, 4) is 0 Å². The molecule has 0 spiro atoms. The Bertz CT molecular complexity index is 576. The largest absolute Gasteiger partial charge is 0.294 e. The standard InChI is InChI=1S/C14H19NO3S/c1-3-14(16)12-5-4-6-13(9-12)19(17,18)15(2)10-11-7-8-11/h4-6,9,11H,3,7-8,10H2,1-2H3. The molecule has 1 aromatic carbocycles. The highest BCUT2D eigenvalue weighted by Gasteiger charge is 2.29. The van der Waals surface area contributed by atoms with Gasteiger partial charge in [0.15, 0.2) is 5.78 Å². The number of benzene rings is 1. The molecule has 0 radical (unpaired) electrons. The van der Waals surface area contributed by atoms with Gasteiger partial charge in [0, 0.05) is 25.6 Å². The quantitative estimate of drug-likeness (QED) is 0.752. The molecule has 104 valence electrons. The summed E-state index contributed by atoms with van der Waals surface area (Å²) in [6.45, 7) is 2.33. The van der Waals surface area contributed by atoms with Crippen molar-refractivity contribution in [2.24, 2.45) is 5.92 Å². The third-order valence-corrected chi connectivity index (χ3v) is 5.22. The second-order valence-electron chi connectivity index (χ2n) is 5.03. The van der Waals surface area contributed by atoms with Crippen LogP contribution in [0.3, 0.4) is 0 Å². The predicted octanol–water partition coefficient (Wildman–Crippen LogP) is 2.31. The van der Waals surface area contributed by atoms with Gasteiger partial charge >= 0.3 is 0 Å². The van der Waals surface area contributed by atoms with E-state index in [4.69, 9.17) is 0 Å². The van der Waals surface area contributed by atoms with Crippen LogP contribution in [0.25, 0.3) is 0 Å². The summed E-state index contributed by atoms with van der Waals surface area (Å²) in [6.07, 6.45) is 2.59. The Morgan fingerprint density at radius 2 is 2.05 bits per heavy atom. The summed E-state index contributed by atoms with van der Waals surface area (Å²) in [4.78, 5) is 11.8. The highest BCUT2D eigenvalue weighted by atomic mass is 32.2. The van der Waals surface area contributed by atoms with Gasteiger partial charge in [-0.25, -0.2) is 12.7 Å². The Morgan fingerprint density at radius 1 is 1.37 bits per heavy atom. The van der Waals surface area contributed by atoms with Gasteiger partial charge in [0.1, 0.15) is 0 Å². The molecule has 0 aliphatic heterocycles. The van der Waals surface area contributed by atoms with Crippen molar-refractivity contribution in [1.82, 2.24) is 4.31 Å². The van der Waals surface area contributed by atoms with Crippen LogP contribution in [0.4, 0.5) is 0 Å². The van der Waals surface area contributed by atoms with Crippen LogP contribution in [0.5, 0.6) is 0 Å². The summed E-state index contributed by atoms with van der Waals surface area (Å²) in [7, 11) is -1.88. The maximum atomic E-state index is 12.4. The van der Waals surface area contributed by atoms with Crippen LogP contribution in [0.2, 0.25) is 0 Å². The van der Waals surface area contributed by atoms with E-state index in [-0.39, 0.29) is 10.7 Å². The van der Waals surface area contributed by atoms with E-state index in [2.05, 4.69) is 0 Å². The van der Waals surface area contributed by atoms with E-state index >= 15 is 0 Å². The molecule has 0 amide bonds. The number of rotatable bonds is 6. The molecule has 1 aliphatic rings. The van der Waals surface area contributed by atoms with Crippen LogP contribution in [-0.4, -0.2) is 32.1 Å². The van der Waals surface area contributed by atoms with E-state index in [1.165, 1.54) is 10.4 Å². The average Bonchev–Trinajstić information content (AvgIpc) is 3.21. The van der Waals surface area contributed by atoms with Crippen molar-refractivity contribution in [3.63, 3.8) is 0 Å². The molecule has 1 saturated carbocycles. The second-order valence-corrected chi connectivity index (χ2v) is 7.08. The lowest BCUT2D eigenvalue weighted by Gasteiger charge is -2.17. The third-order valence-electron chi connectivity index (χ3n) is 3.40. The summed E-state index contributed by atoms with van der Waals surface area (Å²) in [6, 6.07) is 6.31. The minimum Gasteiger partial charge on any atom is -0.294 e. The molecule has 0 unspecified atom stereocenters. The molecule has 2 rings (SSSR count). The van der Waals surface area contributed by atoms with Crippen molar-refractivity contribution in [3.05, 3.63) is 29.8 Å². The first-order valence-corrected chi connectivity index (χ1v) is 7.98. The number of nitrogens with zero attached hydrogens (tertiary/aromatic N) is 1. The maximum absolute atomic E-state index is 12.4. The zero-order valence-electron chi connectivity index (χ0n) is 11.3. The van der Waals surface area contributed by atoms with Gasteiger partial charge in [-0.15, -0.1) is 0 Å². The highest BCUT2D eigenvalue weighted by molar-refractivity contribution is 7.89. The van der Waals surface area contributed by atoms with Crippen LogP contribution in [0, 0.1) is 5.92 Å². The first kappa shape index (κ1) is 14.2. The lowest BCUT2D eigenvalue weighted by atomic mass is 10.1. The van der Waals surface area contributed by atoms with Gasteiger partial charge in [-0.1, -0.05) is 19.1 Å². The lowest BCUT2D eigenvalue weighted by molar-refractivity contribution is 0.0988. The van der Waals surface area contributed by atoms with Crippen molar-refractivity contribution in [2.45, 2.75) is 31.1 Å². The van der Waals surface area contributed by atoms with Gasteiger partial charge in [-0.3, -0.25) is 4.79 Å². The maximum Gasteiger partial charge on any atom is 0.242 e. The van der Waals surface area contributed by atoms with Crippen molar-refractivity contribution in [1.29, 1.82) is 0 Å². The number of sulfonamides is 1. The molecular weight excluding hydrogens is 262 g/mol. The number of hydrogen-bond acceptors (Lipinski definition) is 3. The first-order chi connectivity index (χ1) is 8.95. The van der Waals surface area contributed by atoms with E-state index in [0.29, 0.717) is 24.4 Å². The predicted molar refractivity (Wildman–Crippen MR) is 73.6 cm³/mol. The van der Waals surface area contributed by atoms with Crippen LogP contribution in [-0.2, 0) is 10.0 Å². The SMILES string of the molecule is CCC(=O)c1cccc(S(=O)(=O)N(C)CC2CC2)c1. The molecule has 4 nitrogen and oxygen atoms in total. The normalized spacial score (nSPS) is 15.7. The van der Waals surface area contributed by atoms with Gasteiger partial charge in [-0.05, 0) is 30.9 Å². The molecule has 0 heterocycles. The van der Waals surface area contributed by atoms with E-state index in [1.54, 1.807) is 32.2 Å². The first-order valence-electron chi connectivity index (χ1n) is 6.54. The van der Waals surface area contributed by atoms with Gasteiger partial charge < -0.3 is 0 Å². The Labute approximate surface area is 114 Å². The Hall–Kier alpha value is -1.20. The van der Waals surface area contributed by atoms with Crippen LogP contribution >= 0.6 is 0 Å². The minimum atomic E-state index is -3.48. The van der Waals surface area contributed by atoms with Crippen LogP contribution in [0.1, 0.15) is 36.5 Å². The van der Waals surface area contributed by atoms with Crippen LogP contribution < -0.4 is 0 Å². The smallest absolute Gasteiger partial charge is 0.242 e. The summed E-state index contributed by atoms with van der Waals surface area (Å²) in [5.74, 6) is 0.460. The summed E-state index contributed by atoms with van der Waals surface area (Å²) < 4.78 is 26.1. The zero-order chi connectivity index (χ0) is 14.0. The van der Waals surface area contributed by atoms with Crippen molar-refractivity contribution < 1.29 is 13.2 Å². The molecule has 1 fully saturated rings. The topological polar surface area (TPSA) is 54.5 Å². The molecule has 0 aromatic heterocycles. The monoisotopic (exact) mass is 281 g/mol. The molecule has 5 heteroatoms. The second kappa shape index (κ2) is 5.43. The van der Waals surface area contributed by atoms with Crippen molar-refractivity contribution >= 4 is 15.8 Å². The highest BCUT2D eigenvalue weighted by Crippen LogP contribution is 2.31. The number of carbonyl (C=O) groups is 1. The summed E-state index contributed by atoms with van der Waals surface area (Å²) in [5, 5.41) is 0. The van der Waals surface area contributed by atoms with Gasteiger partial charge in [0.25, 0.3) is 0 Å². The molecule has 19 heavy (non-hydrogen) atoms. The Kier molecular flexibility index (Phi) is 4.06. The number of carbonyl (C=O) groups excluding carboxylic acids is 1. The zero-order valence-corrected chi connectivity index (χ0v) is 12.1. The molecule has 1 aromatic rings. The van der Waals surface area contributed by atoms with Crippen molar-refractivity contribution in [2.75, 3.05) is 13.6 Å². The van der Waals surface area contributed by atoms with Gasteiger partial charge in [0.05, 0.1) is 4.90 Å². The summed E-state index contributed by atoms with van der Waals surface area (Å²) >= 11 is 0. The molecule has 0 atom stereocenters. The van der Waals surface area contributed by atoms with Gasteiger partial charge in [-0.2, -0.15) is 0 Å². The van der Waals surface area contributed by atoms with E-state index in [0.717, 1.165) is 12.8 Å². The Balaban J connectivity index is 2.26. The fourth-order valence-corrected chi connectivity index (χ4v) is 3.27. The minimum absolute atomic E-state index is 0.0399. The molecule has 0 bridgehead atoms. The lowest BCUT2D eigenvalue weighted by Crippen LogP contribution is -2.29. The van der Waals surface area contributed by atoms with Crippen LogP contribution in [0.15, 0.2) is 29.2 Å². The van der Waals surface area contributed by atoms with E-state index in [1.807, 2.05) is 0 Å². The van der Waals surface area contributed by atoms with E-state index in [9.17, 15) is 13.2 Å². The summed E-state index contributed by atoms with van der Waals surface area (Å²) in [5.41, 5.74) is 0.461. The third kappa shape index (κ3) is 3.22. The van der Waals surface area contributed by atoms with E-state index < -0.39 is 10.0 Å². The molecular formula is C14H19NO3S. The fourth-order valence-electron chi connectivity index (χ4n) is 1.98. The van der Waals surface area contributed by atoms with Gasteiger partial charge in [0.2, 0.25) is 10.0 Å². The average molecular weight is 281 g/mol. The molecule has 0 saturated heterocycles. The fraction of sp³-hybridized carbons (Fsp3) is 0.500. The number of Topliss-reactive ketones (excluding diaryl/α,β-unsaturated/α-hetero) is 1. The Morgan fingerprint density at radius 3 is 2.63 bits per heavy atom. The molecule has 1 aliphatic carbocycles. The number of ketones is 1. The molecule has 0 N–H and O–H groups in total.